The normalized spacial score (nSPS) is 16.1. The van der Waals surface area contributed by atoms with Crippen molar-refractivity contribution in [2.75, 3.05) is 88.1 Å². The Hall–Kier alpha value is 0.508. The Labute approximate surface area is 253 Å². The molecule has 0 saturated heterocycles. The van der Waals surface area contributed by atoms with Crippen molar-refractivity contribution in [2.45, 2.75) is 90.0 Å². The summed E-state index contributed by atoms with van der Waals surface area (Å²) >= 11 is 0. The van der Waals surface area contributed by atoms with Crippen LogP contribution in [0.4, 0.5) is 0 Å². The molecule has 0 saturated carbocycles. The van der Waals surface area contributed by atoms with Crippen LogP contribution in [0.15, 0.2) is 0 Å². The van der Waals surface area contributed by atoms with E-state index in [9.17, 15) is 10.2 Å². The minimum Gasteiger partial charge on any atom is -0.417 e. The molecule has 0 aliphatic carbocycles. The molecule has 9 nitrogen and oxygen atoms in total. The number of likely N-dealkylation sites (N-methyl/N-ethyl adjacent to an activating group) is 2. The van der Waals surface area contributed by atoms with Gasteiger partial charge in [0.1, 0.15) is 25.3 Å². The molecule has 0 aromatic heterocycles. The molecule has 0 aliphatic rings. The average molecular weight is 643 g/mol. The van der Waals surface area contributed by atoms with E-state index >= 15 is 0 Å². The molecule has 0 radical (unpaired) electrons. The molecule has 0 aromatic carbocycles. The maximum absolute atomic E-state index is 10.9. The van der Waals surface area contributed by atoms with Gasteiger partial charge in [-0.1, -0.05) is 0 Å². The minimum absolute atomic E-state index is 0.357. The van der Waals surface area contributed by atoms with Gasteiger partial charge in [-0.05, 0) is 91.4 Å². The molecule has 40 heavy (non-hydrogen) atoms. The van der Waals surface area contributed by atoms with Crippen LogP contribution in [0, 0.1) is 0 Å². The lowest BCUT2D eigenvalue weighted by Gasteiger charge is -2.43. The second-order valence-electron chi connectivity index (χ2n) is 16.5. The van der Waals surface area contributed by atoms with Crippen LogP contribution in [-0.4, -0.2) is 158 Å². The molecular formula is C27H70N4O5Si4+2. The molecule has 242 valence electrons. The third-order valence-electron chi connectivity index (χ3n) is 5.54. The van der Waals surface area contributed by atoms with Gasteiger partial charge in [0.25, 0.3) is 0 Å². The van der Waals surface area contributed by atoms with Crippen LogP contribution in [-0.2, 0) is 12.3 Å². The van der Waals surface area contributed by atoms with E-state index in [1.54, 1.807) is 0 Å². The third-order valence-corrected chi connectivity index (χ3v) is 17.6. The Morgan fingerprint density at radius 2 is 1.05 bits per heavy atom. The SMILES string of the molecule is C[N+](C)(C)CC(O)CNCCCN(CCC[Si](O[Si](C)(C)C)(O[Si](C)(C)C)O[Si](C)(C)C)CC(O)C[N+](C)(C)C. The highest BCUT2D eigenvalue weighted by Gasteiger charge is 2.49. The van der Waals surface area contributed by atoms with Crippen LogP contribution in [0.25, 0.3) is 0 Å². The van der Waals surface area contributed by atoms with Gasteiger partial charge in [-0.3, -0.25) is 0 Å². The average Bonchev–Trinajstić information content (AvgIpc) is 2.59. The topological polar surface area (TPSA) is 83.4 Å². The van der Waals surface area contributed by atoms with Gasteiger partial charge in [0, 0.05) is 19.1 Å². The summed E-state index contributed by atoms with van der Waals surface area (Å²) in [6.07, 6.45) is 1.12. The third kappa shape index (κ3) is 24.0. The molecular weight excluding hydrogens is 573 g/mol. The molecule has 0 heterocycles. The molecule has 0 amide bonds. The molecule has 2 unspecified atom stereocenters. The molecule has 0 fully saturated rings. The summed E-state index contributed by atoms with van der Waals surface area (Å²) < 4.78 is 22.1. The largest absolute Gasteiger partial charge is 0.469 e. The highest BCUT2D eigenvalue weighted by Crippen LogP contribution is 2.30. The fourth-order valence-electron chi connectivity index (χ4n) is 4.81. The first-order chi connectivity index (χ1) is 17.7. The maximum atomic E-state index is 10.9. The molecule has 3 N–H and O–H groups in total. The van der Waals surface area contributed by atoms with E-state index in [1.165, 1.54) is 0 Å². The molecule has 0 aliphatic heterocycles. The van der Waals surface area contributed by atoms with Crippen molar-refractivity contribution >= 4 is 33.8 Å². The summed E-state index contributed by atoms with van der Waals surface area (Å²) in [7, 11) is 4.05. The summed E-state index contributed by atoms with van der Waals surface area (Å²) in [4.78, 5) is 2.39. The van der Waals surface area contributed by atoms with Crippen molar-refractivity contribution in [3.8, 4) is 0 Å². The lowest BCUT2D eigenvalue weighted by atomic mass is 10.2. The summed E-state index contributed by atoms with van der Waals surface area (Å²) in [6, 6.07) is 0.809. The molecule has 0 spiro atoms. The number of aliphatic hydroxyl groups excluding tert-OH is 2. The van der Waals surface area contributed by atoms with E-state index in [0.29, 0.717) is 19.6 Å². The van der Waals surface area contributed by atoms with E-state index in [1.807, 2.05) is 0 Å². The zero-order valence-electron chi connectivity index (χ0n) is 29.2. The van der Waals surface area contributed by atoms with E-state index in [-0.39, 0.29) is 6.10 Å². The quantitative estimate of drug-likeness (QED) is 0.0950. The zero-order chi connectivity index (χ0) is 31.6. The second-order valence-corrected chi connectivity index (χ2v) is 33.5. The van der Waals surface area contributed by atoms with Crippen molar-refractivity contribution in [3.05, 3.63) is 0 Å². The van der Waals surface area contributed by atoms with Crippen LogP contribution in [0.2, 0.25) is 65.0 Å². The van der Waals surface area contributed by atoms with Crippen LogP contribution < -0.4 is 5.32 Å². The van der Waals surface area contributed by atoms with Crippen molar-refractivity contribution < 1.29 is 31.5 Å². The smallest absolute Gasteiger partial charge is 0.417 e. The van der Waals surface area contributed by atoms with Crippen molar-refractivity contribution in [3.63, 3.8) is 0 Å². The molecule has 0 aromatic rings. The van der Waals surface area contributed by atoms with Gasteiger partial charge in [-0.15, -0.1) is 0 Å². The number of nitrogens with one attached hydrogen (secondary N) is 1. The van der Waals surface area contributed by atoms with Crippen molar-refractivity contribution in [1.29, 1.82) is 0 Å². The number of rotatable bonds is 22. The van der Waals surface area contributed by atoms with Crippen LogP contribution in [0.1, 0.15) is 12.8 Å². The number of aliphatic hydroxyl groups is 2. The maximum Gasteiger partial charge on any atom is 0.469 e. The summed E-state index contributed by atoms with van der Waals surface area (Å²) in [5, 5.41) is 24.6. The minimum atomic E-state index is -2.87. The Kier molecular flexibility index (Phi) is 16.8. The summed E-state index contributed by atoms with van der Waals surface area (Å²) in [5.74, 6) is 0. The molecule has 0 bridgehead atoms. The number of hydrogen-bond donors (Lipinski definition) is 3. The highest BCUT2D eigenvalue weighted by molar-refractivity contribution is 6.90. The summed E-state index contributed by atoms with van der Waals surface area (Å²) in [5.41, 5.74) is 0. The van der Waals surface area contributed by atoms with Crippen LogP contribution in [0.3, 0.4) is 0 Å². The molecule has 13 heteroatoms. The molecule has 2 atom stereocenters. The van der Waals surface area contributed by atoms with Crippen LogP contribution >= 0.6 is 0 Å². The lowest BCUT2D eigenvalue weighted by Crippen LogP contribution is -2.60. The number of quaternary nitrogens is 2. The standard InChI is InChI=1S/C27H70N4O5Si4/c1-30(2,3)24-26(32)22-28-18-16-19-29(23-27(33)25-31(4,5)6)20-17-21-40(34-37(7,8)9,35-38(10,11)12)36-39(13,14)15/h26-28,32-33H,16-25H2,1-15H3/q+2. The second kappa shape index (κ2) is 16.5. The predicted molar refractivity (Wildman–Crippen MR) is 180 cm³/mol. The van der Waals surface area contributed by atoms with E-state index < -0.39 is 39.9 Å². The Balaban J connectivity index is 5.45. The summed E-state index contributed by atoms with van der Waals surface area (Å²) in [6.45, 7) is 25.3. The van der Waals surface area contributed by atoms with Crippen LogP contribution in [0.5, 0.6) is 0 Å². The fourth-order valence-corrected chi connectivity index (χ4v) is 19.4. The van der Waals surface area contributed by atoms with Gasteiger partial charge in [-0.25, -0.2) is 0 Å². The number of hydrogen-bond acceptors (Lipinski definition) is 7. The van der Waals surface area contributed by atoms with Gasteiger partial charge in [0.15, 0.2) is 25.0 Å². The van der Waals surface area contributed by atoms with Gasteiger partial charge in [-0.2, -0.15) is 0 Å². The Morgan fingerprint density at radius 3 is 1.45 bits per heavy atom. The predicted octanol–water partition coefficient (Wildman–Crippen LogP) is 3.29. The zero-order valence-corrected chi connectivity index (χ0v) is 33.2. The lowest BCUT2D eigenvalue weighted by molar-refractivity contribution is -0.873. The van der Waals surface area contributed by atoms with E-state index in [0.717, 1.165) is 54.0 Å². The first kappa shape index (κ1) is 40.5. The monoisotopic (exact) mass is 642 g/mol. The first-order valence-corrected chi connectivity index (χ1v) is 27.4. The van der Waals surface area contributed by atoms with Gasteiger partial charge < -0.3 is 41.7 Å². The van der Waals surface area contributed by atoms with Crippen molar-refractivity contribution in [1.82, 2.24) is 10.2 Å². The fraction of sp³-hybridized carbons (Fsp3) is 1.00. The molecule has 0 rings (SSSR count). The van der Waals surface area contributed by atoms with Gasteiger partial charge in [0.05, 0.1) is 42.3 Å². The first-order valence-electron chi connectivity index (χ1n) is 15.2. The Morgan fingerprint density at radius 1 is 0.650 bits per heavy atom. The highest BCUT2D eigenvalue weighted by atomic mass is 28.5. The van der Waals surface area contributed by atoms with E-state index in [4.69, 9.17) is 12.3 Å². The number of nitrogens with zero attached hydrogens (tertiary/aromatic N) is 3. The van der Waals surface area contributed by atoms with Gasteiger partial charge >= 0.3 is 8.80 Å². The van der Waals surface area contributed by atoms with Gasteiger partial charge in [0.2, 0.25) is 0 Å². The van der Waals surface area contributed by atoms with Crippen molar-refractivity contribution in [2.24, 2.45) is 0 Å². The van der Waals surface area contributed by atoms with E-state index in [2.05, 4.69) is 111 Å². The Bertz CT molecular complexity index is 661.